The van der Waals surface area contributed by atoms with Crippen LogP contribution in [0, 0.1) is 0 Å². The number of carbonyl (C=O) groups is 1. The summed E-state index contributed by atoms with van der Waals surface area (Å²) in [5.41, 5.74) is 7.19. The quantitative estimate of drug-likeness (QED) is 0.635. The van der Waals surface area contributed by atoms with Crippen molar-refractivity contribution in [1.29, 1.82) is 0 Å². The molecule has 2 N–H and O–H groups in total. The van der Waals surface area contributed by atoms with Gasteiger partial charge in [0.25, 0.3) is 0 Å². The monoisotopic (exact) mass is 152 g/mol. The van der Waals surface area contributed by atoms with Gasteiger partial charge in [-0.05, 0) is 24.6 Å². The molecule has 0 unspecified atom stereocenters. The summed E-state index contributed by atoms with van der Waals surface area (Å²) in [5.74, 6) is 0. The van der Waals surface area contributed by atoms with E-state index in [1.165, 1.54) is 0 Å². The molecule has 1 rings (SSSR count). The van der Waals surface area contributed by atoms with Crippen molar-refractivity contribution in [3.8, 4) is 0 Å². The van der Waals surface area contributed by atoms with E-state index in [0.717, 1.165) is 18.3 Å². The van der Waals surface area contributed by atoms with E-state index in [2.05, 4.69) is 0 Å². The molecule has 0 spiro atoms. The zero-order valence-electron chi connectivity index (χ0n) is 6.58. The summed E-state index contributed by atoms with van der Waals surface area (Å²) in [6.45, 7) is 0.627. The second-order valence-corrected chi connectivity index (χ2v) is 2.54. The van der Waals surface area contributed by atoms with Gasteiger partial charge in [0.1, 0.15) is 0 Å². The summed E-state index contributed by atoms with van der Waals surface area (Å²) in [7, 11) is 1.85. The first-order chi connectivity index (χ1) is 5.27. The van der Waals surface area contributed by atoms with E-state index in [1.54, 1.807) is 4.57 Å². The molecule has 0 aliphatic carbocycles. The molecule has 0 aliphatic heterocycles. The lowest BCUT2D eigenvalue weighted by Crippen LogP contribution is -2.01. The highest BCUT2D eigenvalue weighted by Crippen LogP contribution is 2.04. The van der Waals surface area contributed by atoms with Crippen LogP contribution in [0.2, 0.25) is 0 Å². The number of aryl methyl sites for hydroxylation is 1. The van der Waals surface area contributed by atoms with E-state index in [0.29, 0.717) is 12.2 Å². The summed E-state index contributed by atoms with van der Waals surface area (Å²) < 4.78 is 1.80. The minimum absolute atomic E-state index is 0.627. The van der Waals surface area contributed by atoms with E-state index < -0.39 is 0 Å². The van der Waals surface area contributed by atoms with Gasteiger partial charge in [0.2, 0.25) is 0 Å². The Bertz CT molecular complexity index is 253. The van der Waals surface area contributed by atoms with Crippen LogP contribution in [0.3, 0.4) is 0 Å². The Morgan fingerprint density at radius 2 is 2.45 bits per heavy atom. The van der Waals surface area contributed by atoms with Gasteiger partial charge in [-0.25, -0.2) is 0 Å². The number of nitrogens with two attached hydrogens (primary N) is 1. The highest BCUT2D eigenvalue weighted by Gasteiger charge is 1.99. The van der Waals surface area contributed by atoms with Crippen LogP contribution in [0.5, 0.6) is 0 Å². The summed E-state index contributed by atoms with van der Waals surface area (Å²) >= 11 is 0. The van der Waals surface area contributed by atoms with Crippen molar-refractivity contribution in [3.05, 3.63) is 23.5 Å². The fraction of sp³-hybridized carbons (Fsp3) is 0.375. The minimum Gasteiger partial charge on any atom is -0.348 e. The first kappa shape index (κ1) is 8.01. The first-order valence-electron chi connectivity index (χ1n) is 3.58. The molecule has 0 radical (unpaired) electrons. The molecule has 0 bridgehead atoms. The molecule has 0 aliphatic rings. The first-order valence-corrected chi connectivity index (χ1v) is 3.58. The van der Waals surface area contributed by atoms with E-state index in [4.69, 9.17) is 5.73 Å². The smallest absolute Gasteiger partial charge is 0.166 e. The lowest BCUT2D eigenvalue weighted by Gasteiger charge is -1.90. The fourth-order valence-corrected chi connectivity index (χ4v) is 1.07. The van der Waals surface area contributed by atoms with Crippen molar-refractivity contribution in [1.82, 2.24) is 4.57 Å². The molecule has 1 heterocycles. The molecule has 0 saturated carbocycles. The summed E-state index contributed by atoms with van der Waals surface area (Å²) in [6, 6.07) is 1.86. The fourth-order valence-electron chi connectivity index (χ4n) is 1.07. The number of nitrogens with zero attached hydrogens (tertiary/aromatic N) is 1. The zero-order valence-corrected chi connectivity index (χ0v) is 6.58. The number of aromatic nitrogens is 1. The molecule has 3 nitrogen and oxygen atoms in total. The highest BCUT2D eigenvalue weighted by atomic mass is 16.1. The average molecular weight is 152 g/mol. The van der Waals surface area contributed by atoms with Crippen LogP contribution in [0.25, 0.3) is 0 Å². The predicted molar refractivity (Wildman–Crippen MR) is 43.6 cm³/mol. The van der Waals surface area contributed by atoms with Gasteiger partial charge in [0.05, 0.1) is 5.69 Å². The van der Waals surface area contributed by atoms with Crippen molar-refractivity contribution in [2.75, 3.05) is 6.54 Å². The number of hydrogen-bond donors (Lipinski definition) is 1. The standard InChI is InChI=1S/C8H12N2O/c1-10-5-7(2-3-9)4-8(10)6-11/h4-6H,2-3,9H2,1H3. The van der Waals surface area contributed by atoms with Gasteiger partial charge >= 0.3 is 0 Å². The third-order valence-electron chi connectivity index (χ3n) is 1.65. The van der Waals surface area contributed by atoms with Crippen LogP contribution in [0.15, 0.2) is 12.3 Å². The summed E-state index contributed by atoms with van der Waals surface area (Å²) in [5, 5.41) is 0. The Labute approximate surface area is 65.8 Å². The van der Waals surface area contributed by atoms with Gasteiger partial charge in [0.15, 0.2) is 6.29 Å². The molecule has 0 saturated heterocycles. The molecule has 11 heavy (non-hydrogen) atoms. The Morgan fingerprint density at radius 3 is 2.91 bits per heavy atom. The zero-order chi connectivity index (χ0) is 8.27. The second-order valence-electron chi connectivity index (χ2n) is 2.54. The van der Waals surface area contributed by atoms with Crippen LogP contribution in [-0.4, -0.2) is 17.4 Å². The predicted octanol–water partition coefficient (Wildman–Crippen LogP) is 0.339. The maximum atomic E-state index is 10.4. The lowest BCUT2D eigenvalue weighted by atomic mass is 10.2. The van der Waals surface area contributed by atoms with Crippen molar-refractivity contribution in [3.63, 3.8) is 0 Å². The normalized spacial score (nSPS) is 10.0. The van der Waals surface area contributed by atoms with Gasteiger partial charge in [-0.2, -0.15) is 0 Å². The minimum atomic E-state index is 0.627. The molecule has 0 amide bonds. The van der Waals surface area contributed by atoms with Gasteiger partial charge in [-0.15, -0.1) is 0 Å². The number of rotatable bonds is 3. The molecule has 3 heteroatoms. The second kappa shape index (κ2) is 3.34. The maximum Gasteiger partial charge on any atom is 0.166 e. The third-order valence-corrected chi connectivity index (χ3v) is 1.65. The topological polar surface area (TPSA) is 48.0 Å². The lowest BCUT2D eigenvalue weighted by molar-refractivity contribution is 0.111. The molecule has 0 fully saturated rings. The van der Waals surface area contributed by atoms with E-state index in [1.807, 2.05) is 19.3 Å². The molecule has 1 aromatic heterocycles. The maximum absolute atomic E-state index is 10.4. The van der Waals surface area contributed by atoms with Crippen molar-refractivity contribution >= 4 is 6.29 Å². The Kier molecular flexibility index (Phi) is 2.44. The molecular formula is C8H12N2O. The summed E-state index contributed by atoms with van der Waals surface area (Å²) in [4.78, 5) is 10.4. The van der Waals surface area contributed by atoms with Crippen LogP contribution in [0.4, 0.5) is 0 Å². The van der Waals surface area contributed by atoms with E-state index >= 15 is 0 Å². The molecule has 0 aromatic carbocycles. The molecule has 0 atom stereocenters. The van der Waals surface area contributed by atoms with Crippen molar-refractivity contribution in [2.45, 2.75) is 6.42 Å². The molecule has 1 aromatic rings. The Hall–Kier alpha value is -1.09. The number of carbonyl (C=O) groups excluding carboxylic acids is 1. The van der Waals surface area contributed by atoms with Gasteiger partial charge in [0, 0.05) is 13.2 Å². The van der Waals surface area contributed by atoms with Gasteiger partial charge in [-0.3, -0.25) is 4.79 Å². The van der Waals surface area contributed by atoms with E-state index in [9.17, 15) is 4.79 Å². The number of hydrogen-bond acceptors (Lipinski definition) is 2. The van der Waals surface area contributed by atoms with Gasteiger partial charge in [-0.1, -0.05) is 0 Å². The largest absolute Gasteiger partial charge is 0.348 e. The van der Waals surface area contributed by atoms with Crippen LogP contribution < -0.4 is 5.73 Å². The SMILES string of the molecule is Cn1cc(CCN)cc1C=O. The highest BCUT2D eigenvalue weighted by molar-refractivity contribution is 5.72. The van der Waals surface area contributed by atoms with Crippen LogP contribution >= 0.6 is 0 Å². The summed E-state index contributed by atoms with van der Waals surface area (Å²) in [6.07, 6.45) is 3.61. The van der Waals surface area contributed by atoms with Gasteiger partial charge < -0.3 is 10.3 Å². The van der Waals surface area contributed by atoms with Crippen molar-refractivity contribution in [2.24, 2.45) is 12.8 Å². The van der Waals surface area contributed by atoms with Crippen LogP contribution in [0.1, 0.15) is 16.1 Å². The average Bonchev–Trinajstić information content (AvgIpc) is 2.32. The third kappa shape index (κ3) is 1.68. The molecule has 60 valence electrons. The Morgan fingerprint density at radius 1 is 1.73 bits per heavy atom. The van der Waals surface area contributed by atoms with Crippen LogP contribution in [-0.2, 0) is 13.5 Å². The van der Waals surface area contributed by atoms with E-state index in [-0.39, 0.29) is 0 Å². The molecular weight excluding hydrogens is 140 g/mol. The van der Waals surface area contributed by atoms with Crippen molar-refractivity contribution < 1.29 is 4.79 Å². The Balaban J connectivity index is 2.86. The number of aldehydes is 1.